The van der Waals surface area contributed by atoms with Crippen molar-refractivity contribution in [2.75, 3.05) is 0 Å². The Morgan fingerprint density at radius 3 is 2.74 bits per heavy atom. The van der Waals surface area contributed by atoms with Crippen LogP contribution in [0.25, 0.3) is 22.0 Å². The molecule has 23 heavy (non-hydrogen) atoms. The minimum Gasteiger partial charge on any atom is -0.480 e. The number of pyridine rings is 1. The number of fused-ring (bicyclic) bond motifs is 1. The van der Waals surface area contributed by atoms with Crippen LogP contribution in [0.1, 0.15) is 13.8 Å². The van der Waals surface area contributed by atoms with E-state index < -0.39 is 10.7 Å². The molecular formula is C17H15N3O2S. The predicted molar refractivity (Wildman–Crippen MR) is 90.3 cm³/mol. The lowest BCUT2D eigenvalue weighted by molar-refractivity contribution is -0.138. The van der Waals surface area contributed by atoms with Crippen molar-refractivity contribution in [3.8, 4) is 11.1 Å². The first kappa shape index (κ1) is 15.4. The van der Waals surface area contributed by atoms with Crippen LogP contribution >= 0.6 is 11.8 Å². The lowest BCUT2D eigenvalue weighted by Gasteiger charge is -2.19. The van der Waals surface area contributed by atoms with E-state index in [2.05, 4.69) is 15.0 Å². The van der Waals surface area contributed by atoms with Crippen molar-refractivity contribution in [2.24, 2.45) is 0 Å². The highest BCUT2D eigenvalue weighted by Crippen LogP contribution is 2.37. The highest BCUT2D eigenvalue weighted by molar-refractivity contribution is 8.01. The van der Waals surface area contributed by atoms with Crippen molar-refractivity contribution in [2.45, 2.75) is 23.6 Å². The molecule has 0 aliphatic carbocycles. The Balaban J connectivity index is 2.07. The van der Waals surface area contributed by atoms with Crippen molar-refractivity contribution in [3.63, 3.8) is 0 Å². The van der Waals surface area contributed by atoms with Gasteiger partial charge >= 0.3 is 5.97 Å². The molecule has 0 spiro atoms. The quantitative estimate of drug-likeness (QED) is 0.583. The molecule has 0 amide bonds. The van der Waals surface area contributed by atoms with Crippen LogP contribution in [0.4, 0.5) is 0 Å². The molecule has 0 fully saturated rings. The van der Waals surface area contributed by atoms with Crippen molar-refractivity contribution in [3.05, 3.63) is 49.1 Å². The second-order valence-electron chi connectivity index (χ2n) is 5.58. The minimum absolute atomic E-state index is 0.629. The zero-order chi connectivity index (χ0) is 16.4. The molecule has 0 radical (unpaired) electrons. The van der Waals surface area contributed by atoms with E-state index in [-0.39, 0.29) is 0 Å². The van der Waals surface area contributed by atoms with Crippen LogP contribution in [0.3, 0.4) is 0 Å². The first-order chi connectivity index (χ1) is 11.0. The van der Waals surface area contributed by atoms with Crippen LogP contribution in [-0.2, 0) is 4.79 Å². The fourth-order valence-electron chi connectivity index (χ4n) is 2.10. The summed E-state index contributed by atoms with van der Waals surface area (Å²) in [5.41, 5.74) is 2.56. The third-order valence-corrected chi connectivity index (χ3v) is 4.65. The monoisotopic (exact) mass is 325 g/mol. The number of aliphatic carboxylic acids is 1. The number of nitrogens with zero attached hydrogens (tertiary/aromatic N) is 3. The Hall–Kier alpha value is -2.47. The standard InChI is InChI=1S/C17H15N3O2S/c1-17(2,16(21)22)23-15-13(9-18-10-20-15)12-7-11-5-3-4-6-14(11)19-8-12/h3-10H,1-2H3,(H,21,22). The summed E-state index contributed by atoms with van der Waals surface area (Å²) in [5.74, 6) is -0.885. The fraction of sp³-hybridized carbons (Fsp3) is 0.176. The van der Waals surface area contributed by atoms with E-state index in [1.807, 2.05) is 30.3 Å². The maximum absolute atomic E-state index is 11.4. The zero-order valence-corrected chi connectivity index (χ0v) is 13.5. The Labute approximate surface area is 137 Å². The van der Waals surface area contributed by atoms with Gasteiger partial charge in [-0.1, -0.05) is 30.0 Å². The molecular weight excluding hydrogens is 310 g/mol. The number of rotatable bonds is 4. The third kappa shape index (κ3) is 3.17. The number of carboxylic acid groups (broad SMARTS) is 1. The molecule has 3 rings (SSSR count). The van der Waals surface area contributed by atoms with Crippen LogP contribution in [0, 0.1) is 0 Å². The maximum atomic E-state index is 11.4. The van der Waals surface area contributed by atoms with Gasteiger partial charge in [-0.15, -0.1) is 0 Å². The van der Waals surface area contributed by atoms with E-state index >= 15 is 0 Å². The second kappa shape index (κ2) is 5.96. The number of carbonyl (C=O) groups is 1. The zero-order valence-electron chi connectivity index (χ0n) is 12.7. The predicted octanol–water partition coefficient (Wildman–Crippen LogP) is 3.65. The number of hydrogen-bond donors (Lipinski definition) is 1. The summed E-state index contributed by atoms with van der Waals surface area (Å²) in [6, 6.07) is 9.85. The summed E-state index contributed by atoms with van der Waals surface area (Å²) < 4.78 is -0.979. The lowest BCUT2D eigenvalue weighted by atomic mass is 10.1. The van der Waals surface area contributed by atoms with Gasteiger partial charge in [0.15, 0.2) is 0 Å². The van der Waals surface area contributed by atoms with Gasteiger partial charge in [0, 0.05) is 28.9 Å². The molecule has 5 nitrogen and oxygen atoms in total. The van der Waals surface area contributed by atoms with Gasteiger partial charge in [0.2, 0.25) is 0 Å². The van der Waals surface area contributed by atoms with Crippen LogP contribution in [0.5, 0.6) is 0 Å². The van der Waals surface area contributed by atoms with Gasteiger partial charge in [0.25, 0.3) is 0 Å². The molecule has 0 aliphatic heterocycles. The van der Waals surface area contributed by atoms with Gasteiger partial charge < -0.3 is 5.11 Å². The van der Waals surface area contributed by atoms with Gasteiger partial charge in [-0.2, -0.15) is 0 Å². The normalized spacial score (nSPS) is 11.6. The summed E-state index contributed by atoms with van der Waals surface area (Å²) in [7, 11) is 0. The highest BCUT2D eigenvalue weighted by Gasteiger charge is 2.30. The largest absolute Gasteiger partial charge is 0.480 e. The molecule has 1 aromatic carbocycles. The van der Waals surface area contributed by atoms with E-state index in [1.165, 1.54) is 18.1 Å². The second-order valence-corrected chi connectivity index (χ2v) is 7.19. The van der Waals surface area contributed by atoms with E-state index in [9.17, 15) is 9.90 Å². The highest BCUT2D eigenvalue weighted by atomic mass is 32.2. The Morgan fingerprint density at radius 2 is 1.96 bits per heavy atom. The van der Waals surface area contributed by atoms with Gasteiger partial charge in [-0.25, -0.2) is 9.97 Å². The average molecular weight is 325 g/mol. The molecule has 0 atom stereocenters. The molecule has 2 heterocycles. The van der Waals surface area contributed by atoms with E-state index in [0.717, 1.165) is 22.0 Å². The third-order valence-electron chi connectivity index (χ3n) is 3.44. The van der Waals surface area contributed by atoms with Crippen LogP contribution < -0.4 is 0 Å². The minimum atomic E-state index is -0.979. The van der Waals surface area contributed by atoms with Crippen molar-refractivity contribution in [1.29, 1.82) is 0 Å². The number of hydrogen-bond acceptors (Lipinski definition) is 5. The lowest BCUT2D eigenvalue weighted by Crippen LogP contribution is -2.27. The molecule has 0 saturated carbocycles. The van der Waals surface area contributed by atoms with Gasteiger partial charge in [0.1, 0.15) is 16.1 Å². The maximum Gasteiger partial charge on any atom is 0.319 e. The molecule has 3 aromatic rings. The fourth-order valence-corrected chi connectivity index (χ4v) is 3.05. The number of para-hydroxylation sites is 1. The Morgan fingerprint density at radius 1 is 1.17 bits per heavy atom. The van der Waals surface area contributed by atoms with Gasteiger partial charge in [-0.3, -0.25) is 9.78 Å². The summed E-state index contributed by atoms with van der Waals surface area (Å²) in [6.07, 6.45) is 4.89. The molecule has 2 aromatic heterocycles. The molecule has 116 valence electrons. The first-order valence-electron chi connectivity index (χ1n) is 7.05. The summed E-state index contributed by atoms with van der Waals surface area (Å²) in [4.78, 5) is 24.2. The van der Waals surface area contributed by atoms with Crippen LogP contribution in [0.2, 0.25) is 0 Å². The molecule has 1 N–H and O–H groups in total. The molecule has 6 heteroatoms. The van der Waals surface area contributed by atoms with Crippen molar-refractivity contribution in [1.82, 2.24) is 15.0 Å². The Bertz CT molecular complexity index is 880. The Kier molecular flexibility index (Phi) is 4.00. The van der Waals surface area contributed by atoms with Gasteiger partial charge in [-0.05, 0) is 26.0 Å². The van der Waals surface area contributed by atoms with E-state index in [0.29, 0.717) is 5.03 Å². The summed E-state index contributed by atoms with van der Waals surface area (Å²) in [6.45, 7) is 3.31. The van der Waals surface area contributed by atoms with Crippen molar-refractivity contribution < 1.29 is 9.90 Å². The molecule has 0 aliphatic rings. The summed E-state index contributed by atoms with van der Waals surface area (Å²) >= 11 is 1.20. The van der Waals surface area contributed by atoms with Crippen LogP contribution in [-0.4, -0.2) is 30.8 Å². The van der Waals surface area contributed by atoms with Crippen LogP contribution in [0.15, 0.2) is 54.1 Å². The summed E-state index contributed by atoms with van der Waals surface area (Å²) in [5, 5.41) is 11.0. The first-order valence-corrected chi connectivity index (χ1v) is 7.86. The van der Waals surface area contributed by atoms with E-state index in [4.69, 9.17) is 0 Å². The molecule has 0 bridgehead atoms. The SMILES string of the molecule is CC(C)(Sc1ncncc1-c1cnc2ccccc2c1)C(=O)O. The number of carboxylic acids is 1. The number of aromatic nitrogens is 3. The molecule has 0 saturated heterocycles. The number of benzene rings is 1. The number of thioether (sulfide) groups is 1. The van der Waals surface area contributed by atoms with E-state index in [1.54, 1.807) is 26.2 Å². The smallest absolute Gasteiger partial charge is 0.319 e. The topological polar surface area (TPSA) is 76.0 Å². The average Bonchev–Trinajstić information content (AvgIpc) is 2.54. The molecule has 0 unspecified atom stereocenters. The van der Waals surface area contributed by atoms with Crippen molar-refractivity contribution >= 4 is 28.6 Å². The van der Waals surface area contributed by atoms with Gasteiger partial charge in [0.05, 0.1) is 5.52 Å².